The van der Waals surface area contributed by atoms with E-state index in [-0.39, 0.29) is 30.9 Å². The van der Waals surface area contributed by atoms with Crippen LogP contribution in [0.2, 0.25) is 5.02 Å². The Hall–Kier alpha value is -3.94. The second-order valence-corrected chi connectivity index (χ2v) is 10.2. The lowest BCUT2D eigenvalue weighted by Crippen LogP contribution is -2.39. The Kier molecular flexibility index (Phi) is 8.10. The number of nitrogens with zero attached hydrogens (tertiary/aromatic N) is 3. The number of aliphatic hydroxyl groups excluding tert-OH is 1. The number of aliphatic hydroxyl groups is 1. The molecule has 3 aromatic carbocycles. The quantitative estimate of drug-likeness (QED) is 0.348. The first kappa shape index (κ1) is 26.7. The number of aryl methyl sites for hydroxylation is 1. The molecule has 5 rings (SSSR count). The largest absolute Gasteiger partial charge is 0.396 e. The van der Waals surface area contributed by atoms with E-state index in [0.717, 1.165) is 16.8 Å². The van der Waals surface area contributed by atoms with Crippen molar-refractivity contribution in [1.82, 2.24) is 9.80 Å². The maximum absolute atomic E-state index is 13.7. The Morgan fingerprint density at radius 3 is 2.15 bits per heavy atom. The highest BCUT2D eigenvalue weighted by Crippen LogP contribution is 2.30. The summed E-state index contributed by atoms with van der Waals surface area (Å²) in [5.74, 6) is -0.712. The van der Waals surface area contributed by atoms with Gasteiger partial charge in [-0.15, -0.1) is 0 Å². The highest BCUT2D eigenvalue weighted by molar-refractivity contribution is 6.30. The van der Waals surface area contributed by atoms with Crippen LogP contribution in [-0.2, 0) is 13.0 Å². The lowest BCUT2D eigenvalue weighted by molar-refractivity contribution is 0.0624. The van der Waals surface area contributed by atoms with Gasteiger partial charge < -0.3 is 14.9 Å². The van der Waals surface area contributed by atoms with Gasteiger partial charge in [-0.2, -0.15) is 0 Å². The average molecular weight is 544 g/mol. The topological polar surface area (TPSA) is 81.2 Å². The third-order valence-electron chi connectivity index (χ3n) is 7.11. The fraction of sp³-hybridized carbons (Fsp3) is 0.258. The van der Waals surface area contributed by atoms with Crippen molar-refractivity contribution in [2.75, 3.05) is 37.7 Å². The van der Waals surface area contributed by atoms with Crippen molar-refractivity contribution in [3.63, 3.8) is 0 Å². The predicted octanol–water partition coefficient (Wildman–Crippen LogP) is 4.58. The number of halogens is 1. The van der Waals surface area contributed by atoms with Crippen molar-refractivity contribution < 1.29 is 19.5 Å². The number of rotatable bonds is 7. The minimum absolute atomic E-state index is 0.00198. The molecule has 3 amide bonds. The molecule has 0 saturated heterocycles. The van der Waals surface area contributed by atoms with E-state index in [9.17, 15) is 19.5 Å². The summed E-state index contributed by atoms with van der Waals surface area (Å²) in [6.45, 7) is 2.52. The van der Waals surface area contributed by atoms with Crippen molar-refractivity contribution in [3.8, 4) is 0 Å². The number of imide groups is 1. The van der Waals surface area contributed by atoms with E-state index in [1.54, 1.807) is 35.2 Å². The first-order chi connectivity index (χ1) is 18.9. The normalized spacial score (nSPS) is 14.9. The summed E-state index contributed by atoms with van der Waals surface area (Å²) >= 11 is 5.99. The van der Waals surface area contributed by atoms with Gasteiger partial charge in [0.2, 0.25) is 0 Å². The van der Waals surface area contributed by atoms with Crippen LogP contribution in [0.15, 0.2) is 78.9 Å². The zero-order valence-electron chi connectivity index (χ0n) is 21.6. The van der Waals surface area contributed by atoms with Crippen LogP contribution in [0.1, 0.15) is 48.6 Å². The van der Waals surface area contributed by atoms with Gasteiger partial charge in [-0.1, -0.05) is 42.0 Å². The van der Waals surface area contributed by atoms with E-state index in [4.69, 9.17) is 11.6 Å². The number of hydrogen-bond acceptors (Lipinski definition) is 5. The number of anilines is 1. The Morgan fingerprint density at radius 1 is 0.821 bits per heavy atom. The molecule has 2 heterocycles. The van der Waals surface area contributed by atoms with Crippen LogP contribution in [-0.4, -0.2) is 65.4 Å². The van der Waals surface area contributed by atoms with Gasteiger partial charge in [0.1, 0.15) is 0 Å². The summed E-state index contributed by atoms with van der Waals surface area (Å²) in [5, 5.41) is 9.82. The molecule has 7 nitrogen and oxygen atoms in total. The highest BCUT2D eigenvalue weighted by atomic mass is 35.5. The molecule has 0 bridgehead atoms. The van der Waals surface area contributed by atoms with Crippen LogP contribution in [0.5, 0.6) is 0 Å². The summed E-state index contributed by atoms with van der Waals surface area (Å²) in [5.41, 5.74) is 4.25. The monoisotopic (exact) mass is 543 g/mol. The molecule has 0 aliphatic carbocycles. The van der Waals surface area contributed by atoms with Gasteiger partial charge in [-0.3, -0.25) is 19.3 Å². The molecule has 0 saturated carbocycles. The maximum Gasteiger partial charge on any atom is 0.262 e. The molecule has 8 heteroatoms. The Morgan fingerprint density at radius 2 is 1.46 bits per heavy atom. The molecule has 0 spiro atoms. The van der Waals surface area contributed by atoms with Crippen LogP contribution < -0.4 is 4.90 Å². The van der Waals surface area contributed by atoms with Gasteiger partial charge in [0.05, 0.1) is 11.3 Å². The van der Waals surface area contributed by atoms with Crippen molar-refractivity contribution in [1.29, 1.82) is 0 Å². The van der Waals surface area contributed by atoms with E-state index in [1.165, 1.54) is 4.90 Å². The molecule has 39 heavy (non-hydrogen) atoms. The predicted molar refractivity (Wildman–Crippen MR) is 151 cm³/mol. The molecule has 1 N–H and O–H groups in total. The van der Waals surface area contributed by atoms with Crippen LogP contribution in [0.4, 0.5) is 5.69 Å². The summed E-state index contributed by atoms with van der Waals surface area (Å²) in [6, 6.07) is 19.7. The minimum Gasteiger partial charge on any atom is -0.396 e. The van der Waals surface area contributed by atoms with Gasteiger partial charge >= 0.3 is 0 Å². The summed E-state index contributed by atoms with van der Waals surface area (Å²) in [7, 11) is 0. The van der Waals surface area contributed by atoms with Gasteiger partial charge in [0, 0.05) is 55.5 Å². The SMILES string of the molecule is O=C(c1ccc(CN2CCN(C(=O)c3ccc(Cl)cc3)C(=O)c3ccc(CCCO)cc32)cc1)N1CC=CC1. The maximum atomic E-state index is 13.7. The molecule has 2 aliphatic rings. The number of carbonyl (C=O) groups excluding carboxylic acids is 3. The third-order valence-corrected chi connectivity index (χ3v) is 7.36. The lowest BCUT2D eigenvalue weighted by atomic mass is 10.0. The second kappa shape index (κ2) is 11.8. The second-order valence-electron chi connectivity index (χ2n) is 9.75. The minimum atomic E-state index is -0.368. The van der Waals surface area contributed by atoms with Gasteiger partial charge in [-0.05, 0) is 72.5 Å². The molecule has 2 aliphatic heterocycles. The summed E-state index contributed by atoms with van der Waals surface area (Å²) in [6.07, 6.45) is 5.28. The molecule has 200 valence electrons. The number of fused-ring (bicyclic) bond motifs is 1. The summed E-state index contributed by atoms with van der Waals surface area (Å²) in [4.78, 5) is 44.9. The smallest absolute Gasteiger partial charge is 0.262 e. The standard InChI is InChI=1S/C31H30ClN3O4/c32-26-12-10-25(11-13-26)30(38)35-18-17-34(28-20-22(4-3-19-36)7-14-27(28)31(35)39)21-23-5-8-24(9-6-23)29(37)33-15-1-2-16-33/h1-2,5-14,20,36H,3-4,15-19,21H2. The van der Waals surface area contributed by atoms with Crippen molar-refractivity contribution in [2.24, 2.45) is 0 Å². The molecule has 0 radical (unpaired) electrons. The highest BCUT2D eigenvalue weighted by Gasteiger charge is 2.31. The number of benzene rings is 3. The molecule has 0 unspecified atom stereocenters. The van der Waals surface area contributed by atoms with E-state index in [0.29, 0.717) is 60.7 Å². The fourth-order valence-electron chi connectivity index (χ4n) is 4.95. The van der Waals surface area contributed by atoms with E-state index >= 15 is 0 Å². The van der Waals surface area contributed by atoms with E-state index in [1.807, 2.05) is 48.6 Å². The number of amides is 3. The third kappa shape index (κ3) is 5.90. The molecule has 0 atom stereocenters. The zero-order valence-corrected chi connectivity index (χ0v) is 22.3. The van der Waals surface area contributed by atoms with Crippen LogP contribution >= 0.6 is 11.6 Å². The van der Waals surface area contributed by atoms with Crippen LogP contribution in [0, 0.1) is 0 Å². The van der Waals surface area contributed by atoms with E-state index < -0.39 is 0 Å². The molecule has 0 fully saturated rings. The first-order valence-corrected chi connectivity index (χ1v) is 13.5. The Balaban J connectivity index is 1.42. The Bertz CT molecular complexity index is 1390. The van der Waals surface area contributed by atoms with E-state index in [2.05, 4.69) is 4.90 Å². The van der Waals surface area contributed by atoms with Crippen molar-refractivity contribution >= 4 is 35.0 Å². The molecular weight excluding hydrogens is 514 g/mol. The number of hydrogen-bond donors (Lipinski definition) is 1. The summed E-state index contributed by atoms with van der Waals surface area (Å²) < 4.78 is 0. The van der Waals surface area contributed by atoms with Crippen LogP contribution in [0.3, 0.4) is 0 Å². The first-order valence-electron chi connectivity index (χ1n) is 13.1. The molecule has 0 aromatic heterocycles. The van der Waals surface area contributed by atoms with Crippen molar-refractivity contribution in [3.05, 3.63) is 112 Å². The van der Waals surface area contributed by atoms with Crippen molar-refractivity contribution in [2.45, 2.75) is 19.4 Å². The van der Waals surface area contributed by atoms with Gasteiger partial charge in [0.15, 0.2) is 0 Å². The van der Waals surface area contributed by atoms with Gasteiger partial charge in [-0.25, -0.2) is 0 Å². The molecule has 3 aromatic rings. The lowest BCUT2D eigenvalue weighted by Gasteiger charge is -2.25. The fourth-order valence-corrected chi connectivity index (χ4v) is 5.08. The zero-order chi connectivity index (χ0) is 27.4. The van der Waals surface area contributed by atoms with Crippen LogP contribution in [0.25, 0.3) is 0 Å². The number of carbonyl (C=O) groups is 3. The van der Waals surface area contributed by atoms with Gasteiger partial charge in [0.25, 0.3) is 17.7 Å². The molecular formula is C31H30ClN3O4. The average Bonchev–Trinajstić information content (AvgIpc) is 3.46. The Labute approximate surface area is 232 Å².